The van der Waals surface area contributed by atoms with Gasteiger partial charge in [-0.3, -0.25) is 19.8 Å². The fraction of sp³-hybridized carbons (Fsp3) is 0.429. The summed E-state index contributed by atoms with van der Waals surface area (Å²) < 4.78 is 27.3. The number of amides is 2. The summed E-state index contributed by atoms with van der Waals surface area (Å²) in [6.45, 7) is 1.59. The van der Waals surface area contributed by atoms with E-state index in [2.05, 4.69) is 5.32 Å². The Morgan fingerprint density at radius 2 is 1.90 bits per heavy atom. The van der Waals surface area contributed by atoms with Gasteiger partial charge in [-0.25, -0.2) is 8.78 Å². The smallest absolute Gasteiger partial charge is 0.246 e. The van der Waals surface area contributed by atoms with Gasteiger partial charge in [0.25, 0.3) is 0 Å². The lowest BCUT2D eigenvalue weighted by atomic mass is 10.0. The van der Waals surface area contributed by atoms with E-state index in [0.29, 0.717) is 6.42 Å². The number of nitrogens with zero attached hydrogens (tertiary/aromatic N) is 1. The molecule has 1 aliphatic heterocycles. The predicted octanol–water partition coefficient (Wildman–Crippen LogP) is 1.76. The molecule has 2 amide bonds. The molecule has 0 aromatic heterocycles. The van der Waals surface area contributed by atoms with Gasteiger partial charge in [0.1, 0.15) is 11.6 Å². The van der Waals surface area contributed by atoms with Crippen molar-refractivity contribution in [3.8, 4) is 0 Å². The zero-order chi connectivity index (χ0) is 14.9. The maximum Gasteiger partial charge on any atom is 0.246 e. The number of hydrogen-bond donors (Lipinski definition) is 1. The molecule has 1 fully saturated rings. The van der Waals surface area contributed by atoms with E-state index in [0.717, 1.165) is 4.90 Å². The van der Waals surface area contributed by atoms with Gasteiger partial charge < -0.3 is 0 Å². The van der Waals surface area contributed by atoms with Gasteiger partial charge in [-0.15, -0.1) is 0 Å². The van der Waals surface area contributed by atoms with E-state index in [4.69, 9.17) is 0 Å². The Balaban J connectivity index is 2.14. The number of nitrogens with one attached hydrogen (secondary N) is 1. The number of rotatable bonds is 3. The van der Waals surface area contributed by atoms with Crippen LogP contribution >= 0.6 is 0 Å². The summed E-state index contributed by atoms with van der Waals surface area (Å²) in [6.07, 6.45) is 0.578. The fourth-order valence-corrected chi connectivity index (χ4v) is 2.38. The van der Waals surface area contributed by atoms with E-state index in [1.54, 1.807) is 6.92 Å². The third-order valence-corrected chi connectivity index (χ3v) is 3.53. The van der Waals surface area contributed by atoms with Crippen LogP contribution < -0.4 is 5.32 Å². The fourth-order valence-electron chi connectivity index (χ4n) is 2.38. The maximum atomic E-state index is 13.7. The summed E-state index contributed by atoms with van der Waals surface area (Å²) in [5.74, 6) is -1.92. The summed E-state index contributed by atoms with van der Waals surface area (Å²) in [4.78, 5) is 24.3. The van der Waals surface area contributed by atoms with Crippen LogP contribution in [0.4, 0.5) is 8.78 Å². The highest BCUT2D eigenvalue weighted by molar-refractivity contribution is 6.00. The molecular weight excluding hydrogens is 266 g/mol. The van der Waals surface area contributed by atoms with Crippen molar-refractivity contribution in [3.05, 3.63) is 35.4 Å². The van der Waals surface area contributed by atoms with Gasteiger partial charge in [-0.05, 0) is 25.5 Å². The van der Waals surface area contributed by atoms with Crippen LogP contribution in [0.3, 0.4) is 0 Å². The third-order valence-electron chi connectivity index (χ3n) is 3.53. The Morgan fingerprint density at radius 3 is 2.50 bits per heavy atom. The molecule has 6 heteroatoms. The minimum atomic E-state index is -0.660. The van der Waals surface area contributed by atoms with Gasteiger partial charge in [0.2, 0.25) is 11.8 Å². The molecule has 0 radical (unpaired) electrons. The Bertz CT molecular complexity index is 528. The third kappa shape index (κ3) is 2.70. The van der Waals surface area contributed by atoms with Crippen molar-refractivity contribution in [2.24, 2.45) is 0 Å². The van der Waals surface area contributed by atoms with Crippen LogP contribution in [0.1, 0.15) is 31.4 Å². The molecule has 108 valence electrons. The summed E-state index contributed by atoms with van der Waals surface area (Å²) in [5, 5.41) is 2.89. The molecule has 4 nitrogen and oxygen atoms in total. The summed E-state index contributed by atoms with van der Waals surface area (Å²) in [5.41, 5.74) is -0.0974. The molecule has 0 spiro atoms. The van der Waals surface area contributed by atoms with Gasteiger partial charge in [0, 0.05) is 25.1 Å². The lowest BCUT2D eigenvalue weighted by Crippen LogP contribution is -2.52. The molecule has 1 saturated heterocycles. The van der Waals surface area contributed by atoms with E-state index in [1.165, 1.54) is 25.2 Å². The zero-order valence-electron chi connectivity index (χ0n) is 11.3. The van der Waals surface area contributed by atoms with Crippen molar-refractivity contribution < 1.29 is 18.4 Å². The molecule has 1 N–H and O–H groups in total. The number of carbonyl (C=O) groups is 2. The summed E-state index contributed by atoms with van der Waals surface area (Å²) >= 11 is 0. The molecule has 20 heavy (non-hydrogen) atoms. The van der Waals surface area contributed by atoms with E-state index in [9.17, 15) is 18.4 Å². The molecule has 1 aliphatic rings. The molecule has 0 bridgehead atoms. The monoisotopic (exact) mass is 282 g/mol. The number of imide groups is 1. The second-order valence-corrected chi connectivity index (χ2v) is 4.91. The molecule has 2 unspecified atom stereocenters. The van der Waals surface area contributed by atoms with Crippen LogP contribution in [0.25, 0.3) is 0 Å². The molecule has 0 saturated carbocycles. The van der Waals surface area contributed by atoms with E-state index < -0.39 is 23.7 Å². The molecule has 1 heterocycles. The van der Waals surface area contributed by atoms with Gasteiger partial charge in [0.15, 0.2) is 0 Å². The van der Waals surface area contributed by atoms with Crippen molar-refractivity contribution in [2.75, 3.05) is 7.05 Å². The Hall–Kier alpha value is -1.82. The van der Waals surface area contributed by atoms with E-state index in [1.807, 2.05) is 0 Å². The standard InChI is InChI=1S/C14H16F2N2O2/c1-8(13-9(15)4-3-5-10(13)16)17-11-6-7-12(19)18(2)14(11)20/h3-5,8,11,17H,6-7H2,1-2H3. The average molecular weight is 282 g/mol. The highest BCUT2D eigenvalue weighted by Gasteiger charge is 2.33. The number of hydrogen-bond acceptors (Lipinski definition) is 3. The first-order valence-electron chi connectivity index (χ1n) is 6.42. The quantitative estimate of drug-likeness (QED) is 0.859. The molecule has 1 aromatic carbocycles. The number of carbonyl (C=O) groups excluding carboxylic acids is 2. The minimum absolute atomic E-state index is 0.0974. The topological polar surface area (TPSA) is 49.4 Å². The average Bonchev–Trinajstić information content (AvgIpc) is 2.39. The minimum Gasteiger partial charge on any atom is -0.299 e. The van der Waals surface area contributed by atoms with Gasteiger partial charge in [-0.2, -0.15) is 0 Å². The first kappa shape index (κ1) is 14.6. The molecule has 2 atom stereocenters. The van der Waals surface area contributed by atoms with Crippen LogP contribution in [0, 0.1) is 11.6 Å². The highest BCUT2D eigenvalue weighted by atomic mass is 19.1. The zero-order valence-corrected chi connectivity index (χ0v) is 11.3. The molecule has 0 aliphatic carbocycles. The van der Waals surface area contributed by atoms with Crippen LogP contribution in [0.5, 0.6) is 0 Å². The summed E-state index contributed by atoms with van der Waals surface area (Å²) in [7, 11) is 1.41. The van der Waals surface area contributed by atoms with Gasteiger partial charge in [0.05, 0.1) is 6.04 Å². The number of halogens is 2. The van der Waals surface area contributed by atoms with Crippen molar-refractivity contribution in [3.63, 3.8) is 0 Å². The Labute approximate surface area is 115 Å². The van der Waals surface area contributed by atoms with Crippen molar-refractivity contribution >= 4 is 11.8 Å². The van der Waals surface area contributed by atoms with Crippen molar-refractivity contribution in [2.45, 2.75) is 31.8 Å². The first-order valence-corrected chi connectivity index (χ1v) is 6.42. The van der Waals surface area contributed by atoms with Gasteiger partial charge in [-0.1, -0.05) is 6.07 Å². The van der Waals surface area contributed by atoms with Crippen molar-refractivity contribution in [1.82, 2.24) is 10.2 Å². The lowest BCUT2D eigenvalue weighted by molar-refractivity contribution is -0.148. The van der Waals surface area contributed by atoms with E-state index in [-0.39, 0.29) is 23.8 Å². The maximum absolute atomic E-state index is 13.7. The first-order chi connectivity index (χ1) is 9.41. The summed E-state index contributed by atoms with van der Waals surface area (Å²) in [6, 6.07) is 2.38. The normalized spacial score (nSPS) is 21.2. The van der Waals surface area contributed by atoms with Gasteiger partial charge >= 0.3 is 0 Å². The lowest BCUT2D eigenvalue weighted by Gasteiger charge is -2.30. The number of likely N-dealkylation sites (tertiary alicyclic amines) is 1. The molecule has 1 aromatic rings. The van der Waals surface area contributed by atoms with Crippen LogP contribution in [0.15, 0.2) is 18.2 Å². The number of likely N-dealkylation sites (N-methyl/N-ethyl adjacent to an activating group) is 1. The van der Waals surface area contributed by atoms with Crippen LogP contribution in [-0.2, 0) is 9.59 Å². The second-order valence-electron chi connectivity index (χ2n) is 4.91. The number of piperidine rings is 1. The SMILES string of the molecule is CC(NC1CCC(=O)N(C)C1=O)c1c(F)cccc1F. The highest BCUT2D eigenvalue weighted by Crippen LogP contribution is 2.22. The molecule has 2 rings (SSSR count). The second kappa shape index (κ2) is 5.66. The molecular formula is C14H16F2N2O2. The Kier molecular flexibility index (Phi) is 4.13. The Morgan fingerprint density at radius 1 is 1.30 bits per heavy atom. The van der Waals surface area contributed by atoms with E-state index >= 15 is 0 Å². The van der Waals surface area contributed by atoms with Crippen molar-refractivity contribution in [1.29, 1.82) is 0 Å². The van der Waals surface area contributed by atoms with Crippen LogP contribution in [-0.4, -0.2) is 29.8 Å². The van der Waals surface area contributed by atoms with Crippen LogP contribution in [0.2, 0.25) is 0 Å². The number of benzene rings is 1. The largest absolute Gasteiger partial charge is 0.299 e. The predicted molar refractivity (Wildman–Crippen MR) is 68.7 cm³/mol.